The first-order valence-electron chi connectivity index (χ1n) is 6.84. The van der Waals surface area contributed by atoms with Crippen LogP contribution in [0, 0.1) is 5.92 Å². The van der Waals surface area contributed by atoms with Crippen molar-refractivity contribution in [3.8, 4) is 0 Å². The molecule has 1 aliphatic heterocycles. The molecular formula is C15H22N2O2. The number of aliphatic hydroxyl groups excluding tert-OH is 1. The number of benzene rings is 1. The van der Waals surface area contributed by atoms with Crippen molar-refractivity contribution in [2.45, 2.75) is 25.9 Å². The van der Waals surface area contributed by atoms with E-state index in [1.165, 1.54) is 12.5 Å². The Morgan fingerprint density at radius 2 is 2.16 bits per heavy atom. The largest absolute Gasteiger partial charge is 0.396 e. The van der Waals surface area contributed by atoms with Crippen LogP contribution in [0.25, 0.3) is 0 Å². The number of rotatable bonds is 5. The van der Waals surface area contributed by atoms with Gasteiger partial charge in [0.1, 0.15) is 0 Å². The van der Waals surface area contributed by atoms with Crippen LogP contribution in [-0.2, 0) is 11.3 Å². The van der Waals surface area contributed by atoms with Crippen LogP contribution in [0.5, 0.6) is 0 Å². The Labute approximate surface area is 114 Å². The lowest BCUT2D eigenvalue weighted by atomic mass is 10.0. The minimum Gasteiger partial charge on any atom is -0.396 e. The molecule has 1 fully saturated rings. The summed E-state index contributed by atoms with van der Waals surface area (Å²) in [6.45, 7) is 4.19. The summed E-state index contributed by atoms with van der Waals surface area (Å²) < 4.78 is 0. The van der Waals surface area contributed by atoms with Crippen LogP contribution in [-0.4, -0.2) is 41.7 Å². The Bertz CT molecular complexity index is 408. The summed E-state index contributed by atoms with van der Waals surface area (Å²) in [6, 6.07) is 10.5. The molecule has 1 amide bonds. The highest BCUT2D eigenvalue weighted by atomic mass is 16.3. The van der Waals surface area contributed by atoms with E-state index in [9.17, 15) is 9.90 Å². The maximum atomic E-state index is 11.1. The molecule has 104 valence electrons. The number of nitrogens with zero attached hydrogens (tertiary/aromatic N) is 1. The fourth-order valence-electron chi connectivity index (χ4n) is 2.76. The smallest absolute Gasteiger partial charge is 0.216 e. The summed E-state index contributed by atoms with van der Waals surface area (Å²) in [6.07, 6.45) is 0.994. The average Bonchev–Trinajstić information content (AvgIpc) is 2.79. The number of carbonyl (C=O) groups excluding carboxylic acids is 1. The zero-order valence-corrected chi connectivity index (χ0v) is 11.4. The molecular weight excluding hydrogens is 240 g/mol. The van der Waals surface area contributed by atoms with E-state index in [0.29, 0.717) is 6.54 Å². The Morgan fingerprint density at radius 1 is 1.42 bits per heavy atom. The molecule has 1 aromatic rings. The second kappa shape index (κ2) is 6.68. The third-order valence-electron chi connectivity index (χ3n) is 3.82. The van der Waals surface area contributed by atoms with Gasteiger partial charge in [0.15, 0.2) is 0 Å². The Kier molecular flexibility index (Phi) is 4.93. The number of likely N-dealkylation sites (tertiary alicyclic amines) is 1. The predicted octanol–water partition coefficient (Wildman–Crippen LogP) is 1.01. The third kappa shape index (κ3) is 3.78. The summed E-state index contributed by atoms with van der Waals surface area (Å²) >= 11 is 0. The second-order valence-corrected chi connectivity index (χ2v) is 5.19. The summed E-state index contributed by atoms with van der Waals surface area (Å²) in [5.41, 5.74) is 1.27. The van der Waals surface area contributed by atoms with Gasteiger partial charge in [-0.3, -0.25) is 9.69 Å². The topological polar surface area (TPSA) is 52.6 Å². The fourth-order valence-corrected chi connectivity index (χ4v) is 2.76. The standard InChI is InChI=1S/C15H22N2O2/c1-12(19)16-9-15-14(11-18)7-8-17(15)10-13-5-3-2-4-6-13/h2-6,14-15,18H,7-11H2,1H3,(H,16,19). The number of aliphatic hydroxyl groups is 1. The molecule has 1 aromatic carbocycles. The van der Waals surface area contributed by atoms with Crippen LogP contribution in [0.2, 0.25) is 0 Å². The summed E-state index contributed by atoms with van der Waals surface area (Å²) in [7, 11) is 0. The van der Waals surface area contributed by atoms with Gasteiger partial charge in [-0.2, -0.15) is 0 Å². The van der Waals surface area contributed by atoms with Crippen molar-refractivity contribution in [2.75, 3.05) is 19.7 Å². The van der Waals surface area contributed by atoms with Gasteiger partial charge < -0.3 is 10.4 Å². The van der Waals surface area contributed by atoms with Gasteiger partial charge in [-0.1, -0.05) is 30.3 Å². The highest BCUT2D eigenvalue weighted by Crippen LogP contribution is 2.25. The quantitative estimate of drug-likeness (QED) is 0.832. The van der Waals surface area contributed by atoms with E-state index in [1.807, 2.05) is 18.2 Å². The minimum absolute atomic E-state index is 0.0109. The van der Waals surface area contributed by atoms with Crippen LogP contribution in [0.3, 0.4) is 0 Å². The molecule has 1 heterocycles. The molecule has 0 aromatic heterocycles. The van der Waals surface area contributed by atoms with Crippen molar-refractivity contribution in [1.82, 2.24) is 10.2 Å². The second-order valence-electron chi connectivity index (χ2n) is 5.19. The molecule has 0 radical (unpaired) electrons. The fraction of sp³-hybridized carbons (Fsp3) is 0.533. The molecule has 4 nitrogen and oxygen atoms in total. The van der Waals surface area contributed by atoms with Gasteiger partial charge in [0, 0.05) is 38.6 Å². The van der Waals surface area contributed by atoms with E-state index in [1.54, 1.807) is 0 Å². The average molecular weight is 262 g/mol. The molecule has 0 spiro atoms. The zero-order valence-electron chi connectivity index (χ0n) is 11.4. The van der Waals surface area contributed by atoms with Gasteiger partial charge in [0.05, 0.1) is 0 Å². The number of carbonyl (C=O) groups is 1. The Hall–Kier alpha value is -1.39. The van der Waals surface area contributed by atoms with E-state index < -0.39 is 0 Å². The third-order valence-corrected chi connectivity index (χ3v) is 3.82. The van der Waals surface area contributed by atoms with Crippen LogP contribution in [0.1, 0.15) is 18.9 Å². The van der Waals surface area contributed by atoms with E-state index in [2.05, 4.69) is 22.3 Å². The molecule has 2 N–H and O–H groups in total. The van der Waals surface area contributed by atoms with Crippen molar-refractivity contribution in [3.05, 3.63) is 35.9 Å². The minimum atomic E-state index is -0.0109. The van der Waals surface area contributed by atoms with Crippen molar-refractivity contribution in [2.24, 2.45) is 5.92 Å². The summed E-state index contributed by atoms with van der Waals surface area (Å²) in [5.74, 6) is 0.249. The SMILES string of the molecule is CC(=O)NCC1C(CO)CCN1Cc1ccccc1. The van der Waals surface area contributed by atoms with Gasteiger partial charge in [-0.15, -0.1) is 0 Å². The number of hydrogen-bond acceptors (Lipinski definition) is 3. The lowest BCUT2D eigenvalue weighted by Gasteiger charge is -2.27. The van der Waals surface area contributed by atoms with E-state index in [-0.39, 0.29) is 24.5 Å². The van der Waals surface area contributed by atoms with Crippen LogP contribution < -0.4 is 5.32 Å². The molecule has 0 bridgehead atoms. The van der Waals surface area contributed by atoms with Gasteiger partial charge in [-0.25, -0.2) is 0 Å². The lowest BCUT2D eigenvalue weighted by molar-refractivity contribution is -0.119. The first kappa shape index (κ1) is 14.0. The molecule has 2 unspecified atom stereocenters. The maximum absolute atomic E-state index is 11.1. The lowest BCUT2D eigenvalue weighted by Crippen LogP contribution is -2.43. The molecule has 2 atom stereocenters. The first-order chi connectivity index (χ1) is 9.20. The first-order valence-corrected chi connectivity index (χ1v) is 6.84. The molecule has 1 saturated heterocycles. The van der Waals surface area contributed by atoms with Gasteiger partial charge in [0.2, 0.25) is 5.91 Å². The molecule has 19 heavy (non-hydrogen) atoms. The van der Waals surface area contributed by atoms with Crippen LogP contribution in [0.15, 0.2) is 30.3 Å². The van der Waals surface area contributed by atoms with Crippen LogP contribution in [0.4, 0.5) is 0 Å². The normalized spacial score (nSPS) is 23.5. The molecule has 0 saturated carbocycles. The summed E-state index contributed by atoms with van der Waals surface area (Å²) in [5, 5.41) is 12.3. The van der Waals surface area contributed by atoms with Gasteiger partial charge in [-0.05, 0) is 18.5 Å². The summed E-state index contributed by atoms with van der Waals surface area (Å²) in [4.78, 5) is 13.4. The van der Waals surface area contributed by atoms with E-state index >= 15 is 0 Å². The van der Waals surface area contributed by atoms with Gasteiger partial charge >= 0.3 is 0 Å². The Morgan fingerprint density at radius 3 is 2.79 bits per heavy atom. The molecule has 2 rings (SSSR count). The number of nitrogens with one attached hydrogen (secondary N) is 1. The van der Waals surface area contributed by atoms with Crippen LogP contribution >= 0.6 is 0 Å². The predicted molar refractivity (Wildman–Crippen MR) is 74.5 cm³/mol. The zero-order chi connectivity index (χ0) is 13.7. The van der Waals surface area contributed by atoms with E-state index in [4.69, 9.17) is 0 Å². The Balaban J connectivity index is 1.99. The van der Waals surface area contributed by atoms with Crippen molar-refractivity contribution in [3.63, 3.8) is 0 Å². The highest BCUT2D eigenvalue weighted by molar-refractivity contribution is 5.72. The molecule has 4 heteroatoms. The van der Waals surface area contributed by atoms with Crippen molar-refractivity contribution in [1.29, 1.82) is 0 Å². The maximum Gasteiger partial charge on any atom is 0.216 e. The number of hydrogen-bond donors (Lipinski definition) is 2. The van der Waals surface area contributed by atoms with Crippen molar-refractivity contribution < 1.29 is 9.90 Å². The van der Waals surface area contributed by atoms with E-state index in [0.717, 1.165) is 19.5 Å². The number of amides is 1. The molecule has 0 aliphatic carbocycles. The molecule has 1 aliphatic rings. The van der Waals surface area contributed by atoms with Gasteiger partial charge in [0.25, 0.3) is 0 Å². The van der Waals surface area contributed by atoms with Crippen molar-refractivity contribution >= 4 is 5.91 Å². The monoisotopic (exact) mass is 262 g/mol. The highest BCUT2D eigenvalue weighted by Gasteiger charge is 2.33.